The molecule has 0 aliphatic rings. The summed E-state index contributed by atoms with van der Waals surface area (Å²) in [6.45, 7) is 3.49. The Morgan fingerprint density at radius 1 is 0.721 bits per heavy atom. The van der Waals surface area contributed by atoms with Crippen molar-refractivity contribution in [2.45, 2.75) is 161 Å². The zero-order chi connectivity index (χ0) is 31.9. The third-order valence-corrected chi connectivity index (χ3v) is 8.23. The first-order valence-corrected chi connectivity index (χ1v) is 18.6. The summed E-state index contributed by atoms with van der Waals surface area (Å²) < 4.78 is 32.4. The Labute approximate surface area is 262 Å². The maximum atomic E-state index is 12.4. The van der Waals surface area contributed by atoms with Gasteiger partial charge in [0.15, 0.2) is 6.10 Å². The third-order valence-electron chi connectivity index (χ3n) is 7.25. The molecule has 2 atom stereocenters. The molecule has 0 spiro atoms. The Hall–Kier alpha value is -1.25. The third kappa shape index (κ3) is 30.6. The first-order chi connectivity index (χ1) is 20.8. The van der Waals surface area contributed by atoms with E-state index < -0.39 is 26.5 Å². The summed E-state index contributed by atoms with van der Waals surface area (Å²) in [6.07, 6.45) is 27.0. The molecule has 0 aliphatic carbocycles. The molecule has 0 aromatic rings. The normalized spacial score (nSPS) is 13.7. The molecular weight excluding hydrogens is 569 g/mol. The van der Waals surface area contributed by atoms with E-state index in [1.165, 1.54) is 70.6 Å². The fourth-order valence-electron chi connectivity index (χ4n) is 4.69. The number of rotatable bonds is 32. The fourth-order valence-corrected chi connectivity index (χ4v) is 5.46. The highest BCUT2D eigenvalue weighted by Gasteiger charge is 2.25. The van der Waals surface area contributed by atoms with Gasteiger partial charge < -0.3 is 20.1 Å². The van der Waals surface area contributed by atoms with Gasteiger partial charge >= 0.3 is 19.8 Å². The number of hydrogen-bond acceptors (Lipinski definition) is 8. The number of allylic oxidation sites excluding steroid dienone is 2. The summed E-state index contributed by atoms with van der Waals surface area (Å²) in [5.41, 5.74) is 5.31. The van der Waals surface area contributed by atoms with Crippen molar-refractivity contribution in [3.05, 3.63) is 12.2 Å². The number of hydrogen-bond donors (Lipinski definition) is 2. The van der Waals surface area contributed by atoms with Crippen LogP contribution in [0.2, 0.25) is 0 Å². The lowest BCUT2D eigenvalue weighted by Gasteiger charge is -2.19. The molecule has 10 heteroatoms. The largest absolute Gasteiger partial charge is 0.472 e. The van der Waals surface area contributed by atoms with Crippen LogP contribution in [0.4, 0.5) is 0 Å². The van der Waals surface area contributed by atoms with Crippen molar-refractivity contribution in [3.8, 4) is 0 Å². The molecule has 254 valence electrons. The van der Waals surface area contributed by atoms with E-state index in [1.54, 1.807) is 0 Å². The number of carbonyl (C=O) groups is 2. The number of carbonyl (C=O) groups excluding carboxylic acids is 2. The predicted octanol–water partition coefficient (Wildman–Crippen LogP) is 8.71. The quantitative estimate of drug-likeness (QED) is 0.0323. The van der Waals surface area contributed by atoms with E-state index >= 15 is 0 Å². The van der Waals surface area contributed by atoms with Crippen LogP contribution in [0, 0.1) is 0 Å². The van der Waals surface area contributed by atoms with E-state index in [4.69, 9.17) is 24.3 Å². The van der Waals surface area contributed by atoms with E-state index in [9.17, 15) is 19.0 Å². The van der Waals surface area contributed by atoms with Crippen LogP contribution < -0.4 is 5.73 Å². The summed E-state index contributed by atoms with van der Waals surface area (Å²) in [4.78, 5) is 34.4. The highest BCUT2D eigenvalue weighted by molar-refractivity contribution is 7.47. The van der Waals surface area contributed by atoms with Crippen molar-refractivity contribution in [2.75, 3.05) is 26.4 Å². The molecule has 0 aromatic carbocycles. The van der Waals surface area contributed by atoms with E-state index in [-0.39, 0.29) is 38.6 Å². The van der Waals surface area contributed by atoms with Gasteiger partial charge in [0.25, 0.3) is 0 Å². The van der Waals surface area contributed by atoms with Gasteiger partial charge in [-0.15, -0.1) is 0 Å². The maximum absolute atomic E-state index is 12.4. The van der Waals surface area contributed by atoms with E-state index in [1.807, 2.05) is 13.0 Å². The fraction of sp³-hybridized carbons (Fsp3) is 0.879. The van der Waals surface area contributed by atoms with Gasteiger partial charge in [-0.25, -0.2) is 4.57 Å². The van der Waals surface area contributed by atoms with Gasteiger partial charge in [-0.1, -0.05) is 122 Å². The highest BCUT2D eigenvalue weighted by atomic mass is 31.2. The Balaban J connectivity index is 4.20. The van der Waals surface area contributed by atoms with E-state index in [0.717, 1.165) is 51.4 Å². The van der Waals surface area contributed by atoms with Crippen molar-refractivity contribution >= 4 is 19.8 Å². The molecule has 0 rings (SSSR count). The predicted molar refractivity (Wildman–Crippen MR) is 174 cm³/mol. The second-order valence-electron chi connectivity index (χ2n) is 11.4. The van der Waals surface area contributed by atoms with Crippen molar-refractivity contribution < 1.29 is 37.6 Å². The number of nitrogens with two attached hydrogens (primary N) is 1. The molecule has 43 heavy (non-hydrogen) atoms. The van der Waals surface area contributed by atoms with Gasteiger partial charge in [0.1, 0.15) is 6.61 Å². The number of ether oxygens (including phenoxy) is 2. The van der Waals surface area contributed by atoms with Crippen LogP contribution in [0.3, 0.4) is 0 Å². The van der Waals surface area contributed by atoms with Gasteiger partial charge in [-0.2, -0.15) is 0 Å². The smallest absolute Gasteiger partial charge is 0.462 e. The highest BCUT2D eigenvalue weighted by Crippen LogP contribution is 2.43. The van der Waals surface area contributed by atoms with Crippen LogP contribution >= 0.6 is 7.82 Å². The standard InChI is InChI=1S/C33H64NO8P/c1-3-5-7-9-11-13-14-15-16-17-18-20-21-23-25-32(35)39-29-31(30-41-43(37,38)40-28-27-34)42-33(36)26-24-22-19-12-10-8-6-4-2/h4,6,31H,3,5,7-30,34H2,1-2H3,(H,37,38)/b6-4+/t31-/m1/s1. The van der Waals surface area contributed by atoms with Gasteiger partial charge in [0.2, 0.25) is 0 Å². The molecule has 0 bridgehead atoms. The molecule has 0 heterocycles. The number of phosphoric ester groups is 1. The van der Waals surface area contributed by atoms with Crippen LogP contribution in [-0.4, -0.2) is 49.3 Å². The molecule has 0 fully saturated rings. The Bertz CT molecular complexity index is 734. The zero-order valence-corrected chi connectivity index (χ0v) is 28.3. The minimum Gasteiger partial charge on any atom is -0.462 e. The van der Waals surface area contributed by atoms with Gasteiger partial charge in [-0.3, -0.25) is 18.6 Å². The molecule has 0 aliphatic heterocycles. The minimum absolute atomic E-state index is 0.0541. The molecule has 9 nitrogen and oxygen atoms in total. The summed E-state index contributed by atoms with van der Waals surface area (Å²) >= 11 is 0. The Kier molecular flexibility index (Phi) is 29.9. The molecule has 0 aromatic heterocycles. The molecule has 3 N–H and O–H groups in total. The topological polar surface area (TPSA) is 134 Å². The molecule has 1 unspecified atom stereocenters. The first-order valence-electron chi connectivity index (χ1n) is 17.1. The Morgan fingerprint density at radius 2 is 1.21 bits per heavy atom. The molecule has 0 saturated carbocycles. The zero-order valence-electron chi connectivity index (χ0n) is 27.4. The average molecular weight is 634 g/mol. The van der Waals surface area contributed by atoms with E-state index in [2.05, 4.69) is 13.0 Å². The second-order valence-corrected chi connectivity index (χ2v) is 12.9. The molecular formula is C33H64NO8P. The van der Waals surface area contributed by atoms with Crippen LogP contribution in [-0.2, 0) is 32.7 Å². The summed E-state index contributed by atoms with van der Waals surface area (Å²) in [5.74, 6) is -0.842. The van der Waals surface area contributed by atoms with Crippen molar-refractivity contribution in [1.82, 2.24) is 0 Å². The van der Waals surface area contributed by atoms with E-state index in [0.29, 0.717) is 6.42 Å². The molecule has 0 radical (unpaired) electrons. The summed E-state index contributed by atoms with van der Waals surface area (Å²) in [5, 5.41) is 0. The lowest BCUT2D eigenvalue weighted by molar-refractivity contribution is -0.161. The minimum atomic E-state index is -4.36. The lowest BCUT2D eigenvalue weighted by Crippen LogP contribution is -2.29. The monoisotopic (exact) mass is 633 g/mol. The number of esters is 2. The average Bonchev–Trinajstić information content (AvgIpc) is 2.99. The molecule has 0 saturated heterocycles. The van der Waals surface area contributed by atoms with Gasteiger partial charge in [0, 0.05) is 19.4 Å². The Morgan fingerprint density at radius 3 is 1.72 bits per heavy atom. The maximum Gasteiger partial charge on any atom is 0.472 e. The lowest BCUT2D eigenvalue weighted by atomic mass is 10.0. The second kappa shape index (κ2) is 30.8. The number of phosphoric acid groups is 1. The number of unbranched alkanes of at least 4 members (excludes halogenated alkanes) is 18. The first kappa shape index (κ1) is 41.8. The van der Waals surface area contributed by atoms with Crippen LogP contribution in [0.5, 0.6) is 0 Å². The summed E-state index contributed by atoms with van der Waals surface area (Å²) in [6, 6.07) is 0. The van der Waals surface area contributed by atoms with Crippen molar-refractivity contribution in [3.63, 3.8) is 0 Å². The van der Waals surface area contributed by atoms with Crippen LogP contribution in [0.1, 0.15) is 155 Å². The SMILES string of the molecule is C/C=C/CCCCCCCC(=O)O[C@H](COC(=O)CCCCCCCCCCCCCCCC)COP(=O)(O)OCCN. The summed E-state index contributed by atoms with van der Waals surface area (Å²) in [7, 11) is -4.36. The van der Waals surface area contributed by atoms with Crippen LogP contribution in [0.15, 0.2) is 12.2 Å². The van der Waals surface area contributed by atoms with Gasteiger partial charge in [0.05, 0.1) is 13.2 Å². The molecule has 0 amide bonds. The van der Waals surface area contributed by atoms with Crippen molar-refractivity contribution in [2.24, 2.45) is 5.73 Å². The van der Waals surface area contributed by atoms with Crippen LogP contribution in [0.25, 0.3) is 0 Å². The van der Waals surface area contributed by atoms with Gasteiger partial charge in [-0.05, 0) is 32.6 Å². The van der Waals surface area contributed by atoms with Crippen molar-refractivity contribution in [1.29, 1.82) is 0 Å².